The molecule has 0 bridgehead atoms. The van der Waals surface area contributed by atoms with E-state index in [4.69, 9.17) is 16.3 Å². The molecule has 1 aromatic carbocycles. The van der Waals surface area contributed by atoms with Crippen LogP contribution in [0.25, 0.3) is 0 Å². The third-order valence-electron chi connectivity index (χ3n) is 3.00. The summed E-state index contributed by atoms with van der Waals surface area (Å²) in [4.78, 5) is 25.2. The van der Waals surface area contributed by atoms with Gasteiger partial charge in [-0.1, -0.05) is 11.6 Å². The number of anilines is 1. The zero-order valence-corrected chi connectivity index (χ0v) is 14.0. The highest BCUT2D eigenvalue weighted by Gasteiger charge is 2.14. The standard InChI is InChI=1S/C15H22ClN3O3/c1-10(7-8-22-4)17-15(21)18-11-5-6-12(13(16)9-11)14(20)19(2)3/h5-6,9-10H,7-8H2,1-4H3,(H2,17,18,21)/t10-/m0/s1. The largest absolute Gasteiger partial charge is 0.385 e. The number of carbonyl (C=O) groups excluding carboxylic acids is 2. The molecule has 0 heterocycles. The number of hydrogen-bond acceptors (Lipinski definition) is 3. The first-order valence-electron chi connectivity index (χ1n) is 6.92. The van der Waals surface area contributed by atoms with E-state index in [9.17, 15) is 9.59 Å². The molecule has 6 nitrogen and oxygen atoms in total. The Hall–Kier alpha value is -1.79. The Morgan fingerprint density at radius 3 is 2.59 bits per heavy atom. The second-order valence-corrected chi connectivity index (χ2v) is 5.58. The first-order valence-corrected chi connectivity index (χ1v) is 7.30. The first kappa shape index (κ1) is 18.3. The van der Waals surface area contributed by atoms with Crippen LogP contribution in [0.4, 0.5) is 10.5 Å². The number of urea groups is 1. The quantitative estimate of drug-likeness (QED) is 0.843. The molecule has 0 fully saturated rings. The van der Waals surface area contributed by atoms with Gasteiger partial charge in [-0.05, 0) is 31.5 Å². The number of hydrogen-bond donors (Lipinski definition) is 2. The van der Waals surface area contributed by atoms with Crippen LogP contribution < -0.4 is 10.6 Å². The molecule has 0 aliphatic rings. The molecule has 7 heteroatoms. The maximum absolute atomic E-state index is 11.9. The first-order chi connectivity index (χ1) is 10.3. The average molecular weight is 328 g/mol. The van der Waals surface area contributed by atoms with Crippen LogP contribution in [-0.4, -0.2) is 50.7 Å². The summed E-state index contributed by atoms with van der Waals surface area (Å²) in [6.45, 7) is 2.47. The van der Waals surface area contributed by atoms with Crippen molar-refractivity contribution in [3.05, 3.63) is 28.8 Å². The summed E-state index contributed by atoms with van der Waals surface area (Å²) < 4.78 is 4.96. The molecular formula is C15H22ClN3O3. The zero-order valence-electron chi connectivity index (χ0n) is 13.3. The second-order valence-electron chi connectivity index (χ2n) is 5.18. The van der Waals surface area contributed by atoms with E-state index >= 15 is 0 Å². The Morgan fingerprint density at radius 2 is 2.05 bits per heavy atom. The molecular weight excluding hydrogens is 306 g/mol. The van der Waals surface area contributed by atoms with Crippen molar-refractivity contribution in [2.45, 2.75) is 19.4 Å². The SMILES string of the molecule is COCC[C@H](C)NC(=O)Nc1ccc(C(=O)N(C)C)c(Cl)c1. The Kier molecular flexibility index (Phi) is 7.14. The van der Waals surface area contributed by atoms with Crippen LogP contribution in [0.15, 0.2) is 18.2 Å². The van der Waals surface area contributed by atoms with Crippen molar-refractivity contribution in [1.82, 2.24) is 10.2 Å². The molecule has 22 heavy (non-hydrogen) atoms. The molecule has 0 radical (unpaired) electrons. The van der Waals surface area contributed by atoms with Crippen LogP contribution in [-0.2, 0) is 4.74 Å². The summed E-state index contributed by atoms with van der Waals surface area (Å²) in [6, 6.07) is 4.45. The molecule has 0 aliphatic carbocycles. The second kappa shape index (κ2) is 8.60. The topological polar surface area (TPSA) is 70.7 Å². The third-order valence-corrected chi connectivity index (χ3v) is 3.31. The number of nitrogens with one attached hydrogen (secondary N) is 2. The third kappa shape index (κ3) is 5.54. The van der Waals surface area contributed by atoms with Gasteiger partial charge in [0.1, 0.15) is 0 Å². The molecule has 0 saturated heterocycles. The van der Waals surface area contributed by atoms with Gasteiger partial charge in [-0.15, -0.1) is 0 Å². The fourth-order valence-electron chi connectivity index (χ4n) is 1.76. The molecule has 1 aromatic rings. The van der Waals surface area contributed by atoms with E-state index in [1.807, 2.05) is 6.92 Å². The fourth-order valence-corrected chi connectivity index (χ4v) is 2.03. The van der Waals surface area contributed by atoms with Crippen LogP contribution in [0.1, 0.15) is 23.7 Å². The number of amides is 3. The van der Waals surface area contributed by atoms with Crippen molar-refractivity contribution < 1.29 is 14.3 Å². The lowest BCUT2D eigenvalue weighted by atomic mass is 10.2. The Labute approximate surface area is 135 Å². The molecule has 122 valence electrons. The van der Waals surface area contributed by atoms with E-state index in [-0.39, 0.29) is 18.0 Å². The van der Waals surface area contributed by atoms with E-state index in [0.717, 1.165) is 6.42 Å². The minimum Gasteiger partial charge on any atom is -0.385 e. The fraction of sp³-hybridized carbons (Fsp3) is 0.467. The van der Waals surface area contributed by atoms with Crippen molar-refractivity contribution in [2.24, 2.45) is 0 Å². The maximum atomic E-state index is 11.9. The van der Waals surface area contributed by atoms with Crippen molar-refractivity contribution in [1.29, 1.82) is 0 Å². The van der Waals surface area contributed by atoms with Crippen molar-refractivity contribution in [2.75, 3.05) is 33.1 Å². The van der Waals surface area contributed by atoms with Crippen LogP contribution in [0.5, 0.6) is 0 Å². The zero-order chi connectivity index (χ0) is 16.7. The van der Waals surface area contributed by atoms with Crippen molar-refractivity contribution >= 4 is 29.2 Å². The molecule has 0 spiro atoms. The number of methoxy groups -OCH3 is 1. The van der Waals surface area contributed by atoms with E-state index in [2.05, 4.69) is 10.6 Å². The number of rotatable bonds is 6. The average Bonchev–Trinajstić information content (AvgIpc) is 2.44. The number of carbonyl (C=O) groups is 2. The van der Waals surface area contributed by atoms with E-state index in [1.165, 1.54) is 4.90 Å². The van der Waals surface area contributed by atoms with Gasteiger partial charge in [0, 0.05) is 39.5 Å². The summed E-state index contributed by atoms with van der Waals surface area (Å²) >= 11 is 6.09. The van der Waals surface area contributed by atoms with Gasteiger partial charge in [-0.25, -0.2) is 4.79 Å². The molecule has 1 rings (SSSR count). The number of benzene rings is 1. The molecule has 3 amide bonds. The molecule has 0 saturated carbocycles. The molecule has 0 unspecified atom stereocenters. The van der Waals surface area contributed by atoms with Gasteiger partial charge < -0.3 is 20.3 Å². The Bertz CT molecular complexity index is 535. The van der Waals surface area contributed by atoms with Crippen LogP contribution in [0.2, 0.25) is 5.02 Å². The smallest absolute Gasteiger partial charge is 0.319 e. The lowest BCUT2D eigenvalue weighted by Gasteiger charge is -2.15. The Balaban J connectivity index is 2.65. The number of ether oxygens (including phenoxy) is 1. The minimum atomic E-state index is -0.327. The van der Waals surface area contributed by atoms with E-state index < -0.39 is 0 Å². The van der Waals surface area contributed by atoms with Gasteiger partial charge in [-0.2, -0.15) is 0 Å². The van der Waals surface area contributed by atoms with Crippen LogP contribution in [0.3, 0.4) is 0 Å². The summed E-state index contributed by atoms with van der Waals surface area (Å²) in [6.07, 6.45) is 0.723. The molecule has 2 N–H and O–H groups in total. The maximum Gasteiger partial charge on any atom is 0.319 e. The lowest BCUT2D eigenvalue weighted by molar-refractivity contribution is 0.0828. The highest BCUT2D eigenvalue weighted by atomic mass is 35.5. The summed E-state index contributed by atoms with van der Waals surface area (Å²) in [5.41, 5.74) is 0.919. The molecule has 0 aliphatic heterocycles. The highest BCUT2D eigenvalue weighted by Crippen LogP contribution is 2.22. The van der Waals surface area contributed by atoms with Crippen LogP contribution in [0, 0.1) is 0 Å². The minimum absolute atomic E-state index is 0.00925. The summed E-state index contributed by atoms with van der Waals surface area (Å²) in [7, 11) is 4.92. The van der Waals surface area contributed by atoms with Gasteiger partial charge in [0.15, 0.2) is 0 Å². The highest BCUT2D eigenvalue weighted by molar-refractivity contribution is 6.34. The number of halogens is 1. The summed E-state index contributed by atoms with van der Waals surface area (Å²) in [5, 5.41) is 5.77. The molecule has 0 aromatic heterocycles. The molecule has 1 atom stereocenters. The summed E-state index contributed by atoms with van der Waals surface area (Å²) in [5.74, 6) is -0.186. The van der Waals surface area contributed by atoms with E-state index in [0.29, 0.717) is 22.9 Å². The van der Waals surface area contributed by atoms with E-state index in [1.54, 1.807) is 39.4 Å². The lowest BCUT2D eigenvalue weighted by Crippen LogP contribution is -2.36. The predicted molar refractivity (Wildman–Crippen MR) is 87.6 cm³/mol. The van der Waals surface area contributed by atoms with Crippen molar-refractivity contribution in [3.63, 3.8) is 0 Å². The van der Waals surface area contributed by atoms with Crippen molar-refractivity contribution in [3.8, 4) is 0 Å². The van der Waals surface area contributed by atoms with Gasteiger partial charge in [0.05, 0.1) is 10.6 Å². The van der Waals surface area contributed by atoms with Gasteiger partial charge in [0.25, 0.3) is 5.91 Å². The predicted octanol–water partition coefficient (Wildman–Crippen LogP) is 2.59. The Morgan fingerprint density at radius 1 is 1.36 bits per heavy atom. The normalized spacial score (nSPS) is 11.7. The number of nitrogens with zero attached hydrogens (tertiary/aromatic N) is 1. The van der Waals surface area contributed by atoms with Gasteiger partial charge >= 0.3 is 6.03 Å². The monoisotopic (exact) mass is 327 g/mol. The van der Waals surface area contributed by atoms with Crippen LogP contribution >= 0.6 is 11.6 Å². The van der Waals surface area contributed by atoms with Gasteiger partial charge in [0.2, 0.25) is 0 Å². The van der Waals surface area contributed by atoms with Gasteiger partial charge in [-0.3, -0.25) is 4.79 Å².